The van der Waals surface area contributed by atoms with Crippen molar-refractivity contribution in [2.24, 2.45) is 0 Å². The molecule has 2 aromatic carbocycles. The SMILES string of the molecule is O=C(Nc1ccc(NCCN2CCOCC2)cc1)c1c(F)cccc1Cl. The van der Waals surface area contributed by atoms with E-state index in [0.717, 1.165) is 45.1 Å². The zero-order valence-electron chi connectivity index (χ0n) is 14.3. The van der Waals surface area contributed by atoms with Crippen LogP contribution in [0.2, 0.25) is 5.02 Å². The lowest BCUT2D eigenvalue weighted by atomic mass is 10.2. The molecule has 1 heterocycles. The molecule has 7 heteroatoms. The summed E-state index contributed by atoms with van der Waals surface area (Å²) in [6.45, 7) is 5.29. The third kappa shape index (κ3) is 4.94. The van der Waals surface area contributed by atoms with Crippen molar-refractivity contribution >= 4 is 28.9 Å². The fourth-order valence-electron chi connectivity index (χ4n) is 2.76. The van der Waals surface area contributed by atoms with Crippen molar-refractivity contribution in [3.05, 3.63) is 58.9 Å². The van der Waals surface area contributed by atoms with Gasteiger partial charge in [-0.3, -0.25) is 9.69 Å². The number of hydrogen-bond donors (Lipinski definition) is 2. The number of anilines is 2. The van der Waals surface area contributed by atoms with E-state index in [1.165, 1.54) is 18.2 Å². The molecule has 1 fully saturated rings. The summed E-state index contributed by atoms with van der Waals surface area (Å²) in [5.41, 5.74) is 1.38. The predicted molar refractivity (Wildman–Crippen MR) is 102 cm³/mol. The largest absolute Gasteiger partial charge is 0.384 e. The van der Waals surface area contributed by atoms with Crippen LogP contribution < -0.4 is 10.6 Å². The minimum atomic E-state index is -0.642. The van der Waals surface area contributed by atoms with Gasteiger partial charge in [0.2, 0.25) is 0 Å². The Morgan fingerprint density at radius 1 is 1.12 bits per heavy atom. The van der Waals surface area contributed by atoms with Crippen molar-refractivity contribution in [3.8, 4) is 0 Å². The number of nitrogens with one attached hydrogen (secondary N) is 2. The predicted octanol–water partition coefficient (Wildman–Crippen LogP) is 3.48. The van der Waals surface area contributed by atoms with Crippen molar-refractivity contribution in [1.29, 1.82) is 0 Å². The highest BCUT2D eigenvalue weighted by Crippen LogP contribution is 2.21. The molecule has 1 saturated heterocycles. The molecule has 5 nitrogen and oxygen atoms in total. The van der Waals surface area contributed by atoms with Gasteiger partial charge in [-0.15, -0.1) is 0 Å². The molecule has 0 bridgehead atoms. The van der Waals surface area contributed by atoms with Gasteiger partial charge in [-0.2, -0.15) is 0 Å². The summed E-state index contributed by atoms with van der Waals surface area (Å²) in [6.07, 6.45) is 0. The summed E-state index contributed by atoms with van der Waals surface area (Å²) in [5.74, 6) is -1.21. The van der Waals surface area contributed by atoms with Crippen LogP contribution in [0.3, 0.4) is 0 Å². The Hall–Kier alpha value is -2.15. The number of halogens is 2. The minimum Gasteiger partial charge on any atom is -0.384 e. The number of carbonyl (C=O) groups excluding carboxylic acids is 1. The van der Waals surface area contributed by atoms with Crippen LogP contribution in [0.25, 0.3) is 0 Å². The van der Waals surface area contributed by atoms with E-state index in [1.54, 1.807) is 12.1 Å². The van der Waals surface area contributed by atoms with Gasteiger partial charge in [0.15, 0.2) is 0 Å². The van der Waals surface area contributed by atoms with Crippen LogP contribution in [-0.2, 0) is 4.74 Å². The molecule has 0 radical (unpaired) electrons. The highest BCUT2D eigenvalue weighted by Gasteiger charge is 2.15. The van der Waals surface area contributed by atoms with E-state index < -0.39 is 11.7 Å². The van der Waals surface area contributed by atoms with E-state index in [0.29, 0.717) is 5.69 Å². The van der Waals surface area contributed by atoms with Gasteiger partial charge in [-0.05, 0) is 36.4 Å². The van der Waals surface area contributed by atoms with Crippen molar-refractivity contribution in [3.63, 3.8) is 0 Å². The molecule has 0 aromatic heterocycles. The summed E-state index contributed by atoms with van der Waals surface area (Å²) in [7, 11) is 0. The first-order valence-corrected chi connectivity index (χ1v) is 8.91. The van der Waals surface area contributed by atoms with Crippen LogP contribution in [0.5, 0.6) is 0 Å². The maximum absolute atomic E-state index is 13.8. The first kappa shape index (κ1) is 18.6. The second-order valence-corrected chi connectivity index (χ2v) is 6.42. The zero-order valence-corrected chi connectivity index (χ0v) is 15.1. The van der Waals surface area contributed by atoms with Gasteiger partial charge in [0.1, 0.15) is 5.82 Å². The standard InChI is InChI=1S/C19H21ClFN3O2/c20-16-2-1-3-17(21)18(16)19(25)23-15-6-4-14(5-7-15)22-8-9-24-10-12-26-13-11-24/h1-7,22H,8-13H2,(H,23,25). The molecule has 1 aliphatic heterocycles. The second-order valence-electron chi connectivity index (χ2n) is 6.01. The van der Waals surface area contributed by atoms with Crippen LogP contribution >= 0.6 is 11.6 Å². The van der Waals surface area contributed by atoms with Gasteiger partial charge in [0.05, 0.1) is 23.8 Å². The Kier molecular flexibility index (Phi) is 6.44. The molecule has 0 unspecified atom stereocenters. The molecule has 2 aromatic rings. The van der Waals surface area contributed by atoms with Crippen LogP contribution in [0, 0.1) is 5.82 Å². The Bertz CT molecular complexity index is 729. The summed E-state index contributed by atoms with van der Waals surface area (Å²) in [4.78, 5) is 14.6. The number of amides is 1. The van der Waals surface area contributed by atoms with Gasteiger partial charge >= 0.3 is 0 Å². The smallest absolute Gasteiger partial charge is 0.260 e. The summed E-state index contributed by atoms with van der Waals surface area (Å²) >= 11 is 5.91. The quantitative estimate of drug-likeness (QED) is 0.809. The Morgan fingerprint density at radius 2 is 1.81 bits per heavy atom. The van der Waals surface area contributed by atoms with E-state index in [4.69, 9.17) is 16.3 Å². The molecule has 1 amide bonds. The number of hydrogen-bond acceptors (Lipinski definition) is 4. The number of carbonyl (C=O) groups is 1. The Morgan fingerprint density at radius 3 is 2.50 bits per heavy atom. The van der Waals surface area contributed by atoms with Crippen molar-refractivity contribution in [1.82, 2.24) is 4.90 Å². The van der Waals surface area contributed by atoms with Crippen LogP contribution in [0.4, 0.5) is 15.8 Å². The van der Waals surface area contributed by atoms with Gasteiger partial charge in [-0.25, -0.2) is 4.39 Å². The molecule has 1 aliphatic rings. The van der Waals surface area contributed by atoms with Crippen molar-refractivity contribution < 1.29 is 13.9 Å². The average molecular weight is 378 g/mol. The van der Waals surface area contributed by atoms with E-state index >= 15 is 0 Å². The van der Waals surface area contributed by atoms with Crippen LogP contribution in [-0.4, -0.2) is 50.2 Å². The highest BCUT2D eigenvalue weighted by molar-refractivity contribution is 6.34. The van der Waals surface area contributed by atoms with Crippen LogP contribution in [0.15, 0.2) is 42.5 Å². The Labute approximate surface area is 157 Å². The normalized spacial score (nSPS) is 14.8. The molecule has 26 heavy (non-hydrogen) atoms. The number of morpholine rings is 1. The number of ether oxygens (including phenoxy) is 1. The third-order valence-electron chi connectivity index (χ3n) is 4.19. The molecule has 2 N–H and O–H groups in total. The second kappa shape index (κ2) is 8.98. The first-order valence-electron chi connectivity index (χ1n) is 8.53. The molecule has 0 aliphatic carbocycles. The number of rotatable bonds is 6. The molecular formula is C19H21ClFN3O2. The summed E-state index contributed by atoms with van der Waals surface area (Å²) < 4.78 is 19.1. The van der Waals surface area contributed by atoms with Crippen molar-refractivity contribution in [2.75, 3.05) is 50.0 Å². The van der Waals surface area contributed by atoms with Gasteiger partial charge in [0, 0.05) is 37.6 Å². The topological polar surface area (TPSA) is 53.6 Å². The van der Waals surface area contributed by atoms with Gasteiger partial charge in [0.25, 0.3) is 5.91 Å². The highest BCUT2D eigenvalue weighted by atomic mass is 35.5. The zero-order chi connectivity index (χ0) is 18.4. The maximum Gasteiger partial charge on any atom is 0.260 e. The van der Waals surface area contributed by atoms with Gasteiger partial charge < -0.3 is 15.4 Å². The third-order valence-corrected chi connectivity index (χ3v) is 4.51. The molecular weight excluding hydrogens is 357 g/mol. The summed E-state index contributed by atoms with van der Waals surface area (Å²) in [5, 5.41) is 6.09. The molecule has 0 atom stereocenters. The molecule has 138 valence electrons. The van der Waals surface area contributed by atoms with Crippen molar-refractivity contribution in [2.45, 2.75) is 0 Å². The molecule has 0 spiro atoms. The van der Waals surface area contributed by atoms with E-state index in [2.05, 4.69) is 15.5 Å². The van der Waals surface area contributed by atoms with E-state index in [9.17, 15) is 9.18 Å². The van der Waals surface area contributed by atoms with Gasteiger partial charge in [-0.1, -0.05) is 17.7 Å². The fourth-order valence-corrected chi connectivity index (χ4v) is 3.01. The van der Waals surface area contributed by atoms with Crippen LogP contribution in [0.1, 0.15) is 10.4 Å². The van der Waals surface area contributed by atoms with E-state index in [1.807, 2.05) is 12.1 Å². The lowest BCUT2D eigenvalue weighted by Crippen LogP contribution is -2.38. The maximum atomic E-state index is 13.8. The number of nitrogens with zero attached hydrogens (tertiary/aromatic N) is 1. The Balaban J connectivity index is 1.51. The lowest BCUT2D eigenvalue weighted by molar-refractivity contribution is 0.0398. The number of benzene rings is 2. The fraction of sp³-hybridized carbons (Fsp3) is 0.316. The summed E-state index contributed by atoms with van der Waals surface area (Å²) in [6, 6.07) is 11.4. The molecule has 3 rings (SSSR count). The average Bonchev–Trinajstić information content (AvgIpc) is 2.64. The minimum absolute atomic E-state index is 0.0869. The monoisotopic (exact) mass is 377 g/mol. The molecule has 0 saturated carbocycles. The van der Waals surface area contributed by atoms with E-state index in [-0.39, 0.29) is 10.6 Å². The first-order chi connectivity index (χ1) is 12.6. The lowest BCUT2D eigenvalue weighted by Gasteiger charge is -2.26.